The molecule has 6 heteroatoms. The Labute approximate surface area is 156 Å². The maximum Gasteiger partial charge on any atom is 0.147 e. The molecule has 2 rings (SSSR count). The summed E-state index contributed by atoms with van der Waals surface area (Å²) in [6.45, 7) is 3.28. The fraction of sp³-hybridized carbons (Fsp3) is 0.211. The van der Waals surface area contributed by atoms with Crippen LogP contribution in [0.1, 0.15) is 25.4 Å². The third-order valence-electron chi connectivity index (χ3n) is 3.43. The van der Waals surface area contributed by atoms with Crippen molar-refractivity contribution in [3.05, 3.63) is 82.7 Å². The lowest BCUT2D eigenvalue weighted by Crippen LogP contribution is -2.15. The van der Waals surface area contributed by atoms with Crippen LogP contribution >= 0.6 is 23.2 Å². The molecular weight excluding hydrogens is 362 g/mol. The Morgan fingerprint density at radius 1 is 1.36 bits per heavy atom. The van der Waals surface area contributed by atoms with E-state index in [4.69, 9.17) is 23.2 Å². The normalized spacial score (nSPS) is 13.3. The number of nitrogens with zero attached hydrogens (tertiary/aromatic N) is 2. The predicted molar refractivity (Wildman–Crippen MR) is 101 cm³/mol. The molecule has 2 aromatic rings. The number of hydrogen-bond donors (Lipinski definition) is 1. The Hall–Kier alpha value is -1.88. The molecular formula is C19H19Cl2FN2O. The van der Waals surface area contributed by atoms with E-state index >= 15 is 0 Å². The minimum Gasteiger partial charge on any atom is -0.384 e. The van der Waals surface area contributed by atoms with Gasteiger partial charge in [-0.1, -0.05) is 47.5 Å². The summed E-state index contributed by atoms with van der Waals surface area (Å²) in [5, 5.41) is 10.7. The van der Waals surface area contributed by atoms with Gasteiger partial charge in [-0.25, -0.2) is 9.37 Å². The van der Waals surface area contributed by atoms with Crippen molar-refractivity contribution in [2.75, 3.05) is 0 Å². The van der Waals surface area contributed by atoms with Crippen LogP contribution in [0, 0.1) is 5.82 Å². The van der Waals surface area contributed by atoms with E-state index in [0.717, 1.165) is 0 Å². The molecule has 1 heterocycles. The van der Waals surface area contributed by atoms with Gasteiger partial charge in [-0.3, -0.25) is 0 Å². The molecule has 0 amide bonds. The molecule has 0 unspecified atom stereocenters. The number of aliphatic hydroxyl groups is 1. The second kappa shape index (κ2) is 8.48. The molecule has 0 saturated carbocycles. The van der Waals surface area contributed by atoms with Crippen LogP contribution in [0.25, 0.3) is 5.69 Å². The van der Waals surface area contributed by atoms with Crippen molar-refractivity contribution < 1.29 is 9.50 Å². The molecule has 0 aliphatic carbocycles. The maximum absolute atomic E-state index is 14.2. The highest BCUT2D eigenvalue weighted by Crippen LogP contribution is 2.23. The van der Waals surface area contributed by atoms with Crippen molar-refractivity contribution in [3.8, 4) is 5.69 Å². The quantitative estimate of drug-likeness (QED) is 0.698. The van der Waals surface area contributed by atoms with Crippen LogP contribution in [-0.2, 0) is 12.0 Å². The zero-order chi connectivity index (χ0) is 18.4. The van der Waals surface area contributed by atoms with Gasteiger partial charge in [-0.2, -0.15) is 0 Å². The van der Waals surface area contributed by atoms with E-state index in [-0.39, 0.29) is 5.82 Å². The molecule has 1 N–H and O–H groups in total. The van der Waals surface area contributed by atoms with Gasteiger partial charge in [0.25, 0.3) is 0 Å². The Kier molecular flexibility index (Phi) is 6.59. The van der Waals surface area contributed by atoms with E-state index in [2.05, 4.69) is 4.98 Å². The van der Waals surface area contributed by atoms with Crippen molar-refractivity contribution in [1.82, 2.24) is 9.55 Å². The van der Waals surface area contributed by atoms with Crippen molar-refractivity contribution in [3.63, 3.8) is 0 Å². The average Bonchev–Trinajstić information content (AvgIpc) is 2.96. The molecule has 0 radical (unpaired) electrons. The Bertz CT molecular complexity index is 817. The van der Waals surface area contributed by atoms with Crippen LogP contribution in [0.3, 0.4) is 0 Å². The van der Waals surface area contributed by atoms with E-state index in [1.54, 1.807) is 61.0 Å². The molecule has 0 fully saturated rings. The van der Waals surface area contributed by atoms with Crippen LogP contribution in [0.4, 0.5) is 4.39 Å². The van der Waals surface area contributed by atoms with Gasteiger partial charge in [0.1, 0.15) is 17.2 Å². The first-order chi connectivity index (χ1) is 11.8. The van der Waals surface area contributed by atoms with Gasteiger partial charge in [0.15, 0.2) is 0 Å². The lowest BCUT2D eigenvalue weighted by molar-refractivity contribution is 0.0741. The summed E-state index contributed by atoms with van der Waals surface area (Å²) in [6, 6.07) is 6.44. The number of aromatic nitrogens is 2. The third-order valence-corrected chi connectivity index (χ3v) is 3.81. The smallest absolute Gasteiger partial charge is 0.147 e. The highest BCUT2D eigenvalue weighted by Gasteiger charge is 2.22. The molecule has 0 atom stereocenters. The summed E-state index contributed by atoms with van der Waals surface area (Å²) < 4.78 is 15.8. The average molecular weight is 381 g/mol. The molecule has 132 valence electrons. The Morgan fingerprint density at radius 2 is 2.08 bits per heavy atom. The molecule has 3 nitrogen and oxygen atoms in total. The monoisotopic (exact) mass is 380 g/mol. The standard InChI is InChI=1S/C19H19Cl2FN2O/c1-19(2,25)17-13-24(16-9-5-4-8-15(16)22)18(23-17)10-6-3-7-14(21)11-12-20/h3-9,11-13,25H,10H2,1-2H3/b6-3+,12-11+,14-7+. The fourth-order valence-electron chi connectivity index (χ4n) is 2.16. The summed E-state index contributed by atoms with van der Waals surface area (Å²) in [5.41, 5.74) is 1.06. The predicted octanol–water partition coefficient (Wildman–Crippen LogP) is 5.21. The largest absolute Gasteiger partial charge is 0.384 e. The summed E-state index contributed by atoms with van der Waals surface area (Å²) in [5.74, 6) is 0.249. The first-order valence-corrected chi connectivity index (χ1v) is 8.49. The number of allylic oxidation sites excluding steroid dienone is 5. The minimum atomic E-state index is -1.12. The van der Waals surface area contributed by atoms with Gasteiger partial charge in [-0.15, -0.1) is 0 Å². The summed E-state index contributed by atoms with van der Waals surface area (Å²) in [7, 11) is 0. The maximum atomic E-state index is 14.2. The fourth-order valence-corrected chi connectivity index (χ4v) is 2.50. The SMILES string of the molecule is CC(C)(O)c1cn(-c2ccccc2F)c(C/C=C/C=C(Cl)\C=C\Cl)n1. The van der Waals surface area contributed by atoms with E-state index in [1.807, 2.05) is 6.08 Å². The number of rotatable bonds is 6. The zero-order valence-corrected chi connectivity index (χ0v) is 15.5. The summed E-state index contributed by atoms with van der Waals surface area (Å²) >= 11 is 11.4. The third kappa shape index (κ3) is 5.30. The molecule has 1 aromatic carbocycles. The number of halogens is 3. The number of benzene rings is 1. The van der Waals surface area contributed by atoms with Crippen LogP contribution < -0.4 is 0 Å². The topological polar surface area (TPSA) is 38.0 Å². The molecule has 1 aromatic heterocycles. The summed E-state index contributed by atoms with van der Waals surface area (Å²) in [6.07, 6.45) is 8.95. The first kappa shape index (κ1) is 19.4. The van der Waals surface area contributed by atoms with Crippen molar-refractivity contribution in [1.29, 1.82) is 0 Å². The van der Waals surface area contributed by atoms with Crippen molar-refractivity contribution >= 4 is 23.2 Å². The molecule has 0 saturated heterocycles. The van der Waals surface area contributed by atoms with Crippen molar-refractivity contribution in [2.45, 2.75) is 25.9 Å². The van der Waals surface area contributed by atoms with Gasteiger partial charge < -0.3 is 9.67 Å². The Morgan fingerprint density at radius 3 is 2.72 bits per heavy atom. The van der Waals surface area contributed by atoms with Gasteiger partial charge in [0, 0.05) is 23.2 Å². The van der Waals surface area contributed by atoms with Crippen LogP contribution in [0.15, 0.2) is 65.3 Å². The molecule has 25 heavy (non-hydrogen) atoms. The minimum absolute atomic E-state index is 0.359. The lowest BCUT2D eigenvalue weighted by Gasteiger charge is -2.13. The van der Waals surface area contributed by atoms with E-state index in [0.29, 0.717) is 28.7 Å². The Balaban J connectivity index is 2.36. The highest BCUT2D eigenvalue weighted by atomic mass is 35.5. The van der Waals surface area contributed by atoms with Gasteiger partial charge in [0.2, 0.25) is 0 Å². The molecule has 0 aliphatic rings. The number of imidazole rings is 1. The summed E-state index contributed by atoms with van der Waals surface area (Å²) in [4.78, 5) is 4.46. The number of hydrogen-bond acceptors (Lipinski definition) is 2. The molecule has 0 spiro atoms. The zero-order valence-electron chi connectivity index (χ0n) is 14.0. The van der Waals surface area contributed by atoms with E-state index in [9.17, 15) is 9.50 Å². The van der Waals surface area contributed by atoms with Crippen LogP contribution in [0.2, 0.25) is 0 Å². The molecule has 0 aliphatic heterocycles. The lowest BCUT2D eigenvalue weighted by atomic mass is 10.1. The van der Waals surface area contributed by atoms with Gasteiger partial charge in [0.05, 0.1) is 11.4 Å². The first-order valence-electron chi connectivity index (χ1n) is 7.68. The van der Waals surface area contributed by atoms with E-state index < -0.39 is 5.60 Å². The highest BCUT2D eigenvalue weighted by molar-refractivity contribution is 6.33. The second-order valence-electron chi connectivity index (χ2n) is 5.90. The molecule has 0 bridgehead atoms. The van der Waals surface area contributed by atoms with Gasteiger partial charge >= 0.3 is 0 Å². The second-order valence-corrected chi connectivity index (χ2v) is 6.59. The van der Waals surface area contributed by atoms with Crippen molar-refractivity contribution in [2.24, 2.45) is 0 Å². The van der Waals surface area contributed by atoms with Crippen LogP contribution in [-0.4, -0.2) is 14.7 Å². The van der Waals surface area contributed by atoms with E-state index in [1.165, 1.54) is 11.6 Å². The van der Waals surface area contributed by atoms with Gasteiger partial charge in [-0.05, 0) is 38.1 Å². The van der Waals surface area contributed by atoms with Crippen LogP contribution in [0.5, 0.6) is 0 Å². The number of para-hydroxylation sites is 1.